The normalized spacial score (nSPS) is 10.0. The van der Waals surface area contributed by atoms with Crippen LogP contribution in [0.3, 0.4) is 0 Å². The minimum Gasteiger partial charge on any atom is -0.495 e. The number of hydrogen-bond acceptors (Lipinski definition) is 1. The van der Waals surface area contributed by atoms with E-state index in [1.54, 1.807) is 7.11 Å². The van der Waals surface area contributed by atoms with Gasteiger partial charge in [-0.15, -0.1) is 0 Å². The SMILES string of the molecule is COc1c(Br)ccc(Br)c1CBr. The molecule has 1 aromatic carbocycles. The zero-order valence-corrected chi connectivity index (χ0v) is 11.2. The molecule has 1 aromatic rings. The van der Waals surface area contributed by atoms with Crippen LogP contribution >= 0.6 is 47.8 Å². The summed E-state index contributed by atoms with van der Waals surface area (Å²) in [6.07, 6.45) is 0. The van der Waals surface area contributed by atoms with Gasteiger partial charge in [0.15, 0.2) is 0 Å². The Morgan fingerprint density at radius 1 is 1.25 bits per heavy atom. The first-order valence-electron chi connectivity index (χ1n) is 3.27. The van der Waals surface area contributed by atoms with Crippen molar-refractivity contribution in [2.75, 3.05) is 7.11 Å². The van der Waals surface area contributed by atoms with Crippen LogP contribution in [0.4, 0.5) is 0 Å². The van der Waals surface area contributed by atoms with Crippen LogP contribution in [0.2, 0.25) is 0 Å². The molecule has 0 fully saturated rings. The fourth-order valence-electron chi connectivity index (χ4n) is 0.920. The first kappa shape index (κ1) is 10.5. The average molecular weight is 359 g/mol. The van der Waals surface area contributed by atoms with Gasteiger partial charge < -0.3 is 4.74 Å². The Morgan fingerprint density at radius 3 is 2.25 bits per heavy atom. The number of benzene rings is 1. The summed E-state index contributed by atoms with van der Waals surface area (Å²) in [5.74, 6) is 0.876. The predicted octanol–water partition coefficient (Wildman–Crippen LogP) is 4.12. The van der Waals surface area contributed by atoms with Gasteiger partial charge in [0.2, 0.25) is 0 Å². The Bertz CT molecular complexity index is 257. The van der Waals surface area contributed by atoms with Gasteiger partial charge in [-0.05, 0) is 28.1 Å². The fraction of sp³-hybridized carbons (Fsp3) is 0.250. The fourth-order valence-corrected chi connectivity index (χ4v) is 2.84. The monoisotopic (exact) mass is 356 g/mol. The number of halogens is 3. The van der Waals surface area contributed by atoms with E-state index in [4.69, 9.17) is 4.74 Å². The molecule has 0 atom stereocenters. The van der Waals surface area contributed by atoms with Gasteiger partial charge in [-0.2, -0.15) is 0 Å². The maximum absolute atomic E-state index is 5.24. The summed E-state index contributed by atoms with van der Waals surface area (Å²) in [6, 6.07) is 3.94. The van der Waals surface area contributed by atoms with Gasteiger partial charge in [0, 0.05) is 15.4 Å². The van der Waals surface area contributed by atoms with Crippen LogP contribution in [0.25, 0.3) is 0 Å². The van der Waals surface area contributed by atoms with Crippen LogP contribution < -0.4 is 4.74 Å². The predicted molar refractivity (Wildman–Crippen MR) is 61.0 cm³/mol. The molecule has 0 heterocycles. The minimum atomic E-state index is 0.774. The molecule has 0 aliphatic carbocycles. The standard InChI is InChI=1S/C8H7Br3O/c1-12-8-5(4-9)6(10)2-3-7(8)11/h2-3H,4H2,1H3. The van der Waals surface area contributed by atoms with Crippen molar-refractivity contribution in [3.8, 4) is 5.75 Å². The molecular formula is C8H7Br3O. The highest BCUT2D eigenvalue weighted by Gasteiger charge is 2.09. The zero-order chi connectivity index (χ0) is 9.14. The van der Waals surface area contributed by atoms with Crippen LogP contribution in [0, 0.1) is 0 Å². The van der Waals surface area contributed by atoms with Crippen LogP contribution in [-0.2, 0) is 5.33 Å². The molecule has 0 spiro atoms. The molecule has 0 saturated heterocycles. The molecule has 0 radical (unpaired) electrons. The highest BCUT2D eigenvalue weighted by Crippen LogP contribution is 2.35. The van der Waals surface area contributed by atoms with E-state index in [0.717, 1.165) is 25.6 Å². The first-order chi connectivity index (χ1) is 5.70. The lowest BCUT2D eigenvalue weighted by Gasteiger charge is -2.09. The van der Waals surface area contributed by atoms with Crippen LogP contribution in [0.5, 0.6) is 5.75 Å². The van der Waals surface area contributed by atoms with E-state index in [1.165, 1.54) is 0 Å². The van der Waals surface area contributed by atoms with Crippen molar-refractivity contribution in [1.29, 1.82) is 0 Å². The zero-order valence-electron chi connectivity index (χ0n) is 6.40. The number of ether oxygens (including phenoxy) is 1. The quantitative estimate of drug-likeness (QED) is 0.723. The number of methoxy groups -OCH3 is 1. The molecule has 1 rings (SSSR count). The molecular weight excluding hydrogens is 352 g/mol. The lowest BCUT2D eigenvalue weighted by Crippen LogP contribution is -1.91. The second-order valence-electron chi connectivity index (χ2n) is 2.17. The summed E-state index contributed by atoms with van der Waals surface area (Å²) >= 11 is 10.3. The Labute approximate surface area is 96.9 Å². The highest BCUT2D eigenvalue weighted by molar-refractivity contribution is 9.11. The molecule has 1 nitrogen and oxygen atoms in total. The van der Waals surface area contributed by atoms with Crippen LogP contribution in [-0.4, -0.2) is 7.11 Å². The van der Waals surface area contributed by atoms with E-state index in [2.05, 4.69) is 47.8 Å². The third-order valence-electron chi connectivity index (χ3n) is 1.49. The molecule has 0 unspecified atom stereocenters. The molecule has 0 aliphatic rings. The molecule has 0 N–H and O–H groups in total. The molecule has 66 valence electrons. The second-order valence-corrected chi connectivity index (χ2v) is 4.44. The Kier molecular flexibility index (Phi) is 4.06. The van der Waals surface area contributed by atoms with Gasteiger partial charge in [0.25, 0.3) is 0 Å². The van der Waals surface area contributed by atoms with Crippen LogP contribution in [0.1, 0.15) is 5.56 Å². The van der Waals surface area contributed by atoms with E-state index in [9.17, 15) is 0 Å². The summed E-state index contributed by atoms with van der Waals surface area (Å²) in [6.45, 7) is 0. The topological polar surface area (TPSA) is 9.23 Å². The molecule has 0 aliphatic heterocycles. The number of rotatable bonds is 2. The smallest absolute Gasteiger partial charge is 0.138 e. The summed E-state index contributed by atoms with van der Waals surface area (Å²) in [5, 5.41) is 0.774. The van der Waals surface area contributed by atoms with Crippen molar-refractivity contribution < 1.29 is 4.74 Å². The van der Waals surface area contributed by atoms with Crippen molar-refractivity contribution in [3.63, 3.8) is 0 Å². The van der Waals surface area contributed by atoms with Crippen LogP contribution in [0.15, 0.2) is 21.1 Å². The molecule has 12 heavy (non-hydrogen) atoms. The summed E-state index contributed by atoms with van der Waals surface area (Å²) in [4.78, 5) is 0. The lowest BCUT2D eigenvalue weighted by molar-refractivity contribution is 0.408. The van der Waals surface area contributed by atoms with E-state index in [0.29, 0.717) is 0 Å². The van der Waals surface area contributed by atoms with Gasteiger partial charge in [0.1, 0.15) is 5.75 Å². The molecule has 0 aromatic heterocycles. The van der Waals surface area contributed by atoms with E-state index >= 15 is 0 Å². The number of alkyl halides is 1. The largest absolute Gasteiger partial charge is 0.495 e. The van der Waals surface area contributed by atoms with E-state index in [1.807, 2.05) is 12.1 Å². The van der Waals surface area contributed by atoms with E-state index in [-0.39, 0.29) is 0 Å². The van der Waals surface area contributed by atoms with Gasteiger partial charge in [-0.25, -0.2) is 0 Å². The summed E-state index contributed by atoms with van der Waals surface area (Å²) < 4.78 is 7.27. The second kappa shape index (κ2) is 4.63. The van der Waals surface area contributed by atoms with Gasteiger partial charge >= 0.3 is 0 Å². The Morgan fingerprint density at radius 2 is 1.83 bits per heavy atom. The van der Waals surface area contributed by atoms with Crippen molar-refractivity contribution in [2.45, 2.75) is 5.33 Å². The molecule has 0 bridgehead atoms. The van der Waals surface area contributed by atoms with Gasteiger partial charge in [-0.1, -0.05) is 31.9 Å². The maximum Gasteiger partial charge on any atom is 0.138 e. The van der Waals surface area contributed by atoms with Crippen molar-refractivity contribution in [3.05, 3.63) is 26.6 Å². The molecule has 0 amide bonds. The third kappa shape index (κ3) is 2.03. The van der Waals surface area contributed by atoms with Crippen molar-refractivity contribution >= 4 is 47.8 Å². The van der Waals surface area contributed by atoms with Gasteiger partial charge in [-0.3, -0.25) is 0 Å². The summed E-state index contributed by atoms with van der Waals surface area (Å²) in [5.41, 5.74) is 1.12. The van der Waals surface area contributed by atoms with Crippen molar-refractivity contribution in [1.82, 2.24) is 0 Å². The Hall–Kier alpha value is 0.460. The lowest BCUT2D eigenvalue weighted by atomic mass is 10.2. The van der Waals surface area contributed by atoms with Gasteiger partial charge in [0.05, 0.1) is 11.6 Å². The third-order valence-corrected chi connectivity index (χ3v) is 3.42. The highest BCUT2D eigenvalue weighted by atomic mass is 79.9. The number of hydrogen-bond donors (Lipinski definition) is 0. The minimum absolute atomic E-state index is 0.774. The molecule has 0 saturated carbocycles. The first-order valence-corrected chi connectivity index (χ1v) is 5.98. The van der Waals surface area contributed by atoms with Crippen molar-refractivity contribution in [2.24, 2.45) is 0 Å². The summed E-state index contributed by atoms with van der Waals surface area (Å²) in [7, 11) is 1.67. The maximum atomic E-state index is 5.24. The molecule has 4 heteroatoms. The van der Waals surface area contributed by atoms with E-state index < -0.39 is 0 Å². The Balaban J connectivity index is 3.28. The average Bonchev–Trinajstić information content (AvgIpc) is 2.08.